The van der Waals surface area contributed by atoms with E-state index in [4.69, 9.17) is 0 Å². The number of carbonyl (C=O) groups excluding carboxylic acids is 3. The van der Waals surface area contributed by atoms with Crippen LogP contribution in [-0.2, 0) is 16.0 Å². The van der Waals surface area contributed by atoms with E-state index in [2.05, 4.69) is 15.6 Å². The van der Waals surface area contributed by atoms with E-state index in [1.54, 1.807) is 11.1 Å². The number of aromatic nitrogens is 1. The van der Waals surface area contributed by atoms with Crippen molar-refractivity contribution in [2.24, 2.45) is 0 Å². The predicted octanol–water partition coefficient (Wildman–Crippen LogP) is 0.349. The highest BCUT2D eigenvalue weighted by molar-refractivity contribution is 6.03. The number of hydrogen-bond donors (Lipinski definition) is 2. The molecule has 0 radical (unpaired) electrons. The Balaban J connectivity index is 1.72. The number of nitrogens with one attached hydrogen (secondary N) is 2. The van der Waals surface area contributed by atoms with Crippen molar-refractivity contribution < 1.29 is 14.4 Å². The molecule has 0 bridgehead atoms. The Bertz CT molecular complexity index is 602. The first-order valence-corrected chi connectivity index (χ1v) is 7.01. The smallest absolute Gasteiger partial charge is 0.323 e. The highest BCUT2D eigenvalue weighted by Crippen LogP contribution is 2.24. The summed E-state index contributed by atoms with van der Waals surface area (Å²) in [7, 11) is 0. The predicted molar refractivity (Wildman–Crippen MR) is 74.6 cm³/mol. The number of carbonyl (C=O) groups is 3. The lowest BCUT2D eigenvalue weighted by Gasteiger charge is -2.30. The molecule has 4 amide bonds. The first-order valence-electron chi connectivity index (χ1n) is 7.01. The van der Waals surface area contributed by atoms with Gasteiger partial charge in [0.1, 0.15) is 11.9 Å². The summed E-state index contributed by atoms with van der Waals surface area (Å²) < 4.78 is 0. The van der Waals surface area contributed by atoms with Crippen molar-refractivity contribution in [2.45, 2.75) is 31.7 Å². The SMILES string of the molecule is O=C1CCC(NC(=O)N2CCCc3cccnc32)C(=O)N1. The molecule has 0 aliphatic carbocycles. The van der Waals surface area contributed by atoms with Crippen LogP contribution in [0, 0.1) is 0 Å². The molecular weight excluding hydrogens is 272 g/mol. The molecule has 1 unspecified atom stereocenters. The molecule has 1 aromatic heterocycles. The van der Waals surface area contributed by atoms with Gasteiger partial charge in [-0.15, -0.1) is 0 Å². The lowest BCUT2D eigenvalue weighted by atomic mass is 10.1. The maximum Gasteiger partial charge on any atom is 0.323 e. The van der Waals surface area contributed by atoms with Gasteiger partial charge >= 0.3 is 6.03 Å². The average molecular weight is 288 g/mol. The van der Waals surface area contributed by atoms with Crippen LogP contribution < -0.4 is 15.5 Å². The largest absolute Gasteiger partial charge is 0.326 e. The van der Waals surface area contributed by atoms with Gasteiger partial charge in [0.2, 0.25) is 11.8 Å². The summed E-state index contributed by atoms with van der Waals surface area (Å²) in [5, 5.41) is 4.91. The molecule has 3 rings (SSSR count). The van der Waals surface area contributed by atoms with Gasteiger partial charge in [0.15, 0.2) is 0 Å². The number of pyridine rings is 1. The molecule has 21 heavy (non-hydrogen) atoms. The van der Waals surface area contributed by atoms with Crippen molar-refractivity contribution in [3.05, 3.63) is 23.9 Å². The summed E-state index contributed by atoms with van der Waals surface area (Å²) >= 11 is 0. The minimum absolute atomic E-state index is 0.242. The minimum atomic E-state index is -0.663. The van der Waals surface area contributed by atoms with E-state index >= 15 is 0 Å². The molecule has 2 aliphatic rings. The fourth-order valence-electron chi connectivity index (χ4n) is 2.66. The number of hydrogen-bond acceptors (Lipinski definition) is 4. The molecule has 1 saturated heterocycles. The average Bonchev–Trinajstić information content (AvgIpc) is 2.49. The maximum absolute atomic E-state index is 12.4. The third kappa shape index (κ3) is 2.72. The number of imide groups is 1. The number of nitrogens with zero attached hydrogens (tertiary/aromatic N) is 2. The van der Waals surface area contributed by atoms with Crippen molar-refractivity contribution in [2.75, 3.05) is 11.4 Å². The number of piperidine rings is 1. The highest BCUT2D eigenvalue weighted by atomic mass is 16.2. The molecule has 3 heterocycles. The molecule has 2 aliphatic heterocycles. The van der Waals surface area contributed by atoms with Gasteiger partial charge in [-0.1, -0.05) is 6.07 Å². The zero-order chi connectivity index (χ0) is 14.8. The summed E-state index contributed by atoms with van der Waals surface area (Å²) in [5.74, 6) is -0.0955. The minimum Gasteiger partial charge on any atom is -0.326 e. The van der Waals surface area contributed by atoms with E-state index < -0.39 is 11.9 Å². The first kappa shape index (κ1) is 13.5. The van der Waals surface area contributed by atoms with Crippen LogP contribution in [-0.4, -0.2) is 35.4 Å². The zero-order valence-electron chi connectivity index (χ0n) is 11.5. The second-order valence-corrected chi connectivity index (χ2v) is 5.19. The lowest BCUT2D eigenvalue weighted by molar-refractivity contribution is -0.134. The van der Waals surface area contributed by atoms with Crippen molar-refractivity contribution in [3.8, 4) is 0 Å². The summed E-state index contributed by atoms with van der Waals surface area (Å²) in [5.41, 5.74) is 1.03. The lowest BCUT2D eigenvalue weighted by Crippen LogP contribution is -2.55. The Labute approximate surface area is 121 Å². The molecule has 2 N–H and O–H groups in total. The molecule has 0 saturated carbocycles. The summed E-state index contributed by atoms with van der Waals surface area (Å²) in [4.78, 5) is 41.0. The van der Waals surface area contributed by atoms with E-state index in [9.17, 15) is 14.4 Å². The van der Waals surface area contributed by atoms with Crippen LogP contribution >= 0.6 is 0 Å². The normalized spacial score (nSPS) is 21.5. The van der Waals surface area contributed by atoms with Crippen LogP contribution in [0.4, 0.5) is 10.6 Å². The standard InChI is InChI=1S/C14H16N4O3/c19-11-6-5-10(13(20)17-11)16-14(21)18-8-2-4-9-3-1-7-15-12(9)18/h1,3,7,10H,2,4-6,8H2,(H,16,21)(H,17,19,20). The topological polar surface area (TPSA) is 91.4 Å². The van der Waals surface area contributed by atoms with E-state index in [0.717, 1.165) is 18.4 Å². The van der Waals surface area contributed by atoms with Gasteiger partial charge in [0, 0.05) is 19.2 Å². The summed E-state index contributed by atoms with van der Waals surface area (Å²) in [6, 6.07) is 2.79. The quantitative estimate of drug-likeness (QED) is 0.729. The van der Waals surface area contributed by atoms with Gasteiger partial charge in [-0.25, -0.2) is 9.78 Å². The van der Waals surface area contributed by atoms with Gasteiger partial charge in [0.05, 0.1) is 0 Å². The second-order valence-electron chi connectivity index (χ2n) is 5.19. The Morgan fingerprint density at radius 1 is 1.38 bits per heavy atom. The monoisotopic (exact) mass is 288 g/mol. The summed E-state index contributed by atoms with van der Waals surface area (Å²) in [6.45, 7) is 0.573. The molecule has 1 fully saturated rings. The van der Waals surface area contributed by atoms with Gasteiger partial charge in [-0.2, -0.15) is 0 Å². The van der Waals surface area contributed by atoms with Crippen LogP contribution in [0.25, 0.3) is 0 Å². The Kier molecular flexibility index (Phi) is 3.55. The molecule has 0 spiro atoms. The third-order valence-electron chi connectivity index (χ3n) is 3.73. The van der Waals surface area contributed by atoms with E-state index in [1.165, 1.54) is 0 Å². The number of rotatable bonds is 1. The van der Waals surface area contributed by atoms with Crippen LogP contribution in [0.3, 0.4) is 0 Å². The van der Waals surface area contributed by atoms with Crippen molar-refractivity contribution in [3.63, 3.8) is 0 Å². The van der Waals surface area contributed by atoms with Crippen LogP contribution in [0.15, 0.2) is 18.3 Å². The van der Waals surface area contributed by atoms with Gasteiger partial charge < -0.3 is 5.32 Å². The Morgan fingerprint density at radius 3 is 3.05 bits per heavy atom. The Morgan fingerprint density at radius 2 is 2.24 bits per heavy atom. The number of urea groups is 1. The molecule has 0 aromatic carbocycles. The summed E-state index contributed by atoms with van der Waals surface area (Å²) in [6.07, 6.45) is 3.98. The second kappa shape index (κ2) is 5.51. The van der Waals surface area contributed by atoms with Crippen molar-refractivity contribution in [1.82, 2.24) is 15.6 Å². The molecule has 110 valence electrons. The molecular formula is C14H16N4O3. The molecule has 7 nitrogen and oxygen atoms in total. The highest BCUT2D eigenvalue weighted by Gasteiger charge is 2.31. The number of anilines is 1. The van der Waals surface area contributed by atoms with E-state index in [0.29, 0.717) is 18.8 Å². The van der Waals surface area contributed by atoms with Crippen molar-refractivity contribution in [1.29, 1.82) is 0 Å². The Hall–Kier alpha value is -2.44. The maximum atomic E-state index is 12.4. The van der Waals surface area contributed by atoms with Crippen LogP contribution in [0.2, 0.25) is 0 Å². The van der Waals surface area contributed by atoms with Gasteiger partial charge in [-0.05, 0) is 30.9 Å². The van der Waals surface area contributed by atoms with Gasteiger partial charge in [0.25, 0.3) is 0 Å². The van der Waals surface area contributed by atoms with E-state index in [1.807, 2.05) is 12.1 Å². The van der Waals surface area contributed by atoms with Crippen LogP contribution in [0.5, 0.6) is 0 Å². The first-order chi connectivity index (χ1) is 10.1. The van der Waals surface area contributed by atoms with Crippen LogP contribution in [0.1, 0.15) is 24.8 Å². The fraction of sp³-hybridized carbons (Fsp3) is 0.429. The molecule has 7 heteroatoms. The number of aryl methyl sites for hydroxylation is 1. The number of fused-ring (bicyclic) bond motifs is 1. The third-order valence-corrected chi connectivity index (χ3v) is 3.73. The fourth-order valence-corrected chi connectivity index (χ4v) is 2.66. The van der Waals surface area contributed by atoms with Gasteiger partial charge in [-0.3, -0.25) is 19.8 Å². The molecule has 1 aromatic rings. The zero-order valence-corrected chi connectivity index (χ0v) is 11.5. The number of amides is 4. The van der Waals surface area contributed by atoms with Crippen molar-refractivity contribution >= 4 is 23.7 Å². The molecule has 1 atom stereocenters. The van der Waals surface area contributed by atoms with E-state index in [-0.39, 0.29) is 18.4 Å².